The average Bonchev–Trinajstić information content (AvgIpc) is 2.58. The molecule has 1 N–H and O–H groups in total. The number of anilines is 1. The number of ether oxygens (including phenoxy) is 1. The number of halogens is 5. The van der Waals surface area contributed by atoms with Crippen molar-refractivity contribution in [2.45, 2.75) is 19.8 Å². The monoisotopic (exact) mass is 439 g/mol. The predicted octanol–water partition coefficient (Wildman–Crippen LogP) is 7.09. The summed E-state index contributed by atoms with van der Waals surface area (Å²) in [6.45, 7) is 3.76. The molecule has 0 radical (unpaired) electrons. The summed E-state index contributed by atoms with van der Waals surface area (Å²) in [5, 5.41) is 2.85. The van der Waals surface area contributed by atoms with Crippen LogP contribution in [0, 0.1) is 0 Å². The molecule has 0 aromatic heterocycles. The molecule has 0 saturated carbocycles. The second-order valence-electron chi connectivity index (χ2n) is 5.48. The van der Waals surface area contributed by atoms with Gasteiger partial charge in [0.05, 0.1) is 15.1 Å². The molecule has 0 aliphatic rings. The lowest BCUT2D eigenvalue weighted by atomic mass is 10.0. The van der Waals surface area contributed by atoms with E-state index in [1.165, 1.54) is 0 Å². The maximum atomic E-state index is 12.2. The van der Waals surface area contributed by atoms with Crippen LogP contribution >= 0.6 is 58.0 Å². The van der Waals surface area contributed by atoms with Crippen molar-refractivity contribution in [3.8, 4) is 5.75 Å². The Hall–Kier alpha value is -0.840. The first-order valence-electron chi connectivity index (χ1n) is 7.27. The van der Waals surface area contributed by atoms with E-state index in [-0.39, 0.29) is 49.3 Å². The molecular formula is C17H14Cl5NO2. The lowest BCUT2D eigenvalue weighted by Gasteiger charge is -2.15. The van der Waals surface area contributed by atoms with Gasteiger partial charge in [-0.15, -0.1) is 0 Å². The van der Waals surface area contributed by atoms with E-state index < -0.39 is 0 Å². The van der Waals surface area contributed by atoms with E-state index in [9.17, 15) is 4.79 Å². The number of nitrogens with one attached hydrogen (secondary N) is 1. The molecule has 0 aliphatic heterocycles. The summed E-state index contributed by atoms with van der Waals surface area (Å²) in [5.74, 6) is -0.104. The molecule has 0 heterocycles. The quantitative estimate of drug-likeness (QED) is 0.397. The summed E-state index contributed by atoms with van der Waals surface area (Å²) >= 11 is 30.0. The van der Waals surface area contributed by atoms with Crippen molar-refractivity contribution in [1.82, 2.24) is 0 Å². The first-order valence-corrected chi connectivity index (χ1v) is 9.16. The van der Waals surface area contributed by atoms with E-state index in [0.29, 0.717) is 0 Å². The van der Waals surface area contributed by atoms with Crippen LogP contribution in [0.4, 0.5) is 5.69 Å². The Morgan fingerprint density at radius 1 is 0.960 bits per heavy atom. The van der Waals surface area contributed by atoms with Crippen molar-refractivity contribution < 1.29 is 9.53 Å². The first-order chi connectivity index (χ1) is 11.7. The molecule has 0 unspecified atom stereocenters. The molecule has 0 saturated heterocycles. The van der Waals surface area contributed by atoms with Crippen LogP contribution in [0.1, 0.15) is 25.3 Å². The molecule has 25 heavy (non-hydrogen) atoms. The standard InChI is InChI=1S/C17H14Cl5NO2/c1-8(2)9-5-3-4-6-10(9)23-11(24)7-25-17-15(21)13(19)12(18)14(20)16(17)22/h3-6,8H,7H2,1-2H3,(H,23,24). The Kier molecular flexibility index (Phi) is 7.12. The zero-order chi connectivity index (χ0) is 18.7. The van der Waals surface area contributed by atoms with E-state index in [1.807, 2.05) is 38.1 Å². The summed E-state index contributed by atoms with van der Waals surface area (Å²) in [4.78, 5) is 12.2. The molecule has 0 fully saturated rings. The molecule has 2 aromatic rings. The van der Waals surface area contributed by atoms with Crippen molar-refractivity contribution in [2.75, 3.05) is 11.9 Å². The number of benzene rings is 2. The number of hydrogen-bond acceptors (Lipinski definition) is 2. The minimum absolute atomic E-state index is 0.00329. The highest BCUT2D eigenvalue weighted by molar-refractivity contribution is 6.55. The average molecular weight is 442 g/mol. The fourth-order valence-corrected chi connectivity index (χ4v) is 3.38. The van der Waals surface area contributed by atoms with Gasteiger partial charge in [-0.1, -0.05) is 90.1 Å². The van der Waals surface area contributed by atoms with E-state index in [4.69, 9.17) is 62.7 Å². The highest BCUT2D eigenvalue weighted by Gasteiger charge is 2.21. The van der Waals surface area contributed by atoms with Gasteiger partial charge in [0, 0.05) is 5.69 Å². The number of carbonyl (C=O) groups is 1. The summed E-state index contributed by atoms with van der Waals surface area (Å²) in [5.41, 5.74) is 1.74. The molecule has 2 rings (SSSR count). The van der Waals surface area contributed by atoms with E-state index in [1.54, 1.807) is 0 Å². The lowest BCUT2D eigenvalue weighted by Crippen LogP contribution is -2.21. The van der Waals surface area contributed by atoms with Crippen molar-refractivity contribution in [2.24, 2.45) is 0 Å². The minimum Gasteiger partial charge on any atom is -0.481 e. The fourth-order valence-electron chi connectivity index (χ4n) is 2.15. The normalized spacial score (nSPS) is 10.9. The second kappa shape index (κ2) is 8.70. The predicted molar refractivity (Wildman–Crippen MR) is 106 cm³/mol. The van der Waals surface area contributed by atoms with Crippen LogP contribution < -0.4 is 10.1 Å². The van der Waals surface area contributed by atoms with Crippen LogP contribution in [-0.4, -0.2) is 12.5 Å². The second-order valence-corrected chi connectivity index (χ2v) is 7.37. The van der Waals surface area contributed by atoms with Gasteiger partial charge in [0.1, 0.15) is 10.0 Å². The van der Waals surface area contributed by atoms with Crippen LogP contribution in [0.3, 0.4) is 0 Å². The van der Waals surface area contributed by atoms with Crippen LogP contribution in [0.2, 0.25) is 25.1 Å². The summed E-state index contributed by atoms with van der Waals surface area (Å²) in [6.07, 6.45) is 0. The zero-order valence-electron chi connectivity index (χ0n) is 13.3. The minimum atomic E-state index is -0.373. The van der Waals surface area contributed by atoms with Gasteiger partial charge in [0.25, 0.3) is 5.91 Å². The van der Waals surface area contributed by atoms with E-state index in [0.717, 1.165) is 11.3 Å². The van der Waals surface area contributed by atoms with Gasteiger partial charge >= 0.3 is 0 Å². The molecule has 0 spiro atoms. The SMILES string of the molecule is CC(C)c1ccccc1NC(=O)COc1c(Cl)c(Cl)c(Cl)c(Cl)c1Cl. The number of amides is 1. The highest BCUT2D eigenvalue weighted by Crippen LogP contribution is 2.48. The smallest absolute Gasteiger partial charge is 0.262 e. The van der Waals surface area contributed by atoms with Gasteiger partial charge in [-0.2, -0.15) is 0 Å². The molecule has 8 heteroatoms. The van der Waals surface area contributed by atoms with Crippen LogP contribution in [0.5, 0.6) is 5.75 Å². The van der Waals surface area contributed by atoms with Crippen molar-refractivity contribution in [3.63, 3.8) is 0 Å². The maximum Gasteiger partial charge on any atom is 0.262 e. The van der Waals surface area contributed by atoms with Gasteiger partial charge in [-0.3, -0.25) is 4.79 Å². The van der Waals surface area contributed by atoms with Crippen LogP contribution in [0.25, 0.3) is 0 Å². The molecule has 134 valence electrons. The summed E-state index contributed by atoms with van der Waals surface area (Å²) in [6, 6.07) is 7.53. The molecular weight excluding hydrogens is 427 g/mol. The maximum absolute atomic E-state index is 12.2. The number of carbonyl (C=O) groups excluding carboxylic acids is 1. The van der Waals surface area contributed by atoms with Crippen molar-refractivity contribution >= 4 is 69.6 Å². The topological polar surface area (TPSA) is 38.3 Å². The van der Waals surface area contributed by atoms with E-state index >= 15 is 0 Å². The fraction of sp³-hybridized carbons (Fsp3) is 0.235. The zero-order valence-corrected chi connectivity index (χ0v) is 17.1. The molecule has 0 atom stereocenters. The third-order valence-corrected chi connectivity index (χ3v) is 5.62. The van der Waals surface area contributed by atoms with Crippen LogP contribution in [-0.2, 0) is 4.79 Å². The number of rotatable bonds is 5. The van der Waals surface area contributed by atoms with Gasteiger partial charge in [0.2, 0.25) is 0 Å². The Labute approximate surface area is 171 Å². The van der Waals surface area contributed by atoms with Crippen molar-refractivity contribution in [1.29, 1.82) is 0 Å². The third-order valence-electron chi connectivity index (χ3n) is 3.37. The molecule has 1 amide bonds. The molecule has 0 bridgehead atoms. The van der Waals surface area contributed by atoms with Gasteiger partial charge in [-0.05, 0) is 17.5 Å². The molecule has 0 aliphatic carbocycles. The Bertz CT molecular complexity index is 779. The Morgan fingerprint density at radius 3 is 2.04 bits per heavy atom. The Balaban J connectivity index is 2.14. The number of hydrogen-bond donors (Lipinski definition) is 1. The van der Waals surface area contributed by atoms with Gasteiger partial charge in [0.15, 0.2) is 12.4 Å². The third kappa shape index (κ3) is 4.66. The van der Waals surface area contributed by atoms with Crippen molar-refractivity contribution in [3.05, 3.63) is 54.9 Å². The van der Waals surface area contributed by atoms with E-state index in [2.05, 4.69) is 5.32 Å². The summed E-state index contributed by atoms with van der Waals surface area (Å²) < 4.78 is 5.42. The van der Waals surface area contributed by atoms with Gasteiger partial charge < -0.3 is 10.1 Å². The van der Waals surface area contributed by atoms with Crippen LogP contribution in [0.15, 0.2) is 24.3 Å². The highest BCUT2D eigenvalue weighted by atomic mass is 35.5. The van der Waals surface area contributed by atoms with Gasteiger partial charge in [-0.25, -0.2) is 0 Å². The largest absolute Gasteiger partial charge is 0.481 e. The molecule has 2 aromatic carbocycles. The molecule has 3 nitrogen and oxygen atoms in total. The first kappa shape index (κ1) is 20.5. The number of para-hydroxylation sites is 1. The Morgan fingerprint density at radius 2 is 1.48 bits per heavy atom. The summed E-state index contributed by atoms with van der Waals surface area (Å²) in [7, 11) is 0. The lowest BCUT2D eigenvalue weighted by molar-refractivity contribution is -0.118.